The lowest BCUT2D eigenvalue weighted by Crippen LogP contribution is -2.19. The molecular formula is C10H19N3OS. The Hall–Kier alpha value is -0.650. The van der Waals surface area contributed by atoms with Crippen molar-refractivity contribution >= 4 is 16.5 Å². The molecule has 0 aromatic carbocycles. The minimum Gasteiger partial charge on any atom is -0.385 e. The van der Waals surface area contributed by atoms with Crippen LogP contribution in [-0.2, 0) is 4.74 Å². The van der Waals surface area contributed by atoms with Crippen molar-refractivity contribution in [2.24, 2.45) is 5.73 Å². The Bertz CT molecular complexity index is 288. The van der Waals surface area contributed by atoms with Gasteiger partial charge in [-0.15, -0.1) is 11.3 Å². The highest BCUT2D eigenvalue weighted by Crippen LogP contribution is 2.25. The number of aromatic nitrogens is 1. The third-order valence-corrected chi connectivity index (χ3v) is 3.44. The maximum absolute atomic E-state index is 5.78. The molecule has 1 unspecified atom stereocenters. The van der Waals surface area contributed by atoms with E-state index in [9.17, 15) is 0 Å². The molecule has 0 amide bonds. The van der Waals surface area contributed by atoms with Crippen LogP contribution in [0.4, 0.5) is 5.13 Å². The molecule has 0 radical (unpaired) electrons. The van der Waals surface area contributed by atoms with Crippen molar-refractivity contribution in [1.82, 2.24) is 4.98 Å². The maximum atomic E-state index is 5.78. The van der Waals surface area contributed by atoms with E-state index >= 15 is 0 Å². The number of rotatable bonds is 6. The van der Waals surface area contributed by atoms with Crippen LogP contribution in [0.2, 0.25) is 0 Å². The van der Waals surface area contributed by atoms with Gasteiger partial charge in [0.05, 0.1) is 0 Å². The fraction of sp³-hybridized carbons (Fsp3) is 0.700. The van der Waals surface area contributed by atoms with E-state index in [0.717, 1.165) is 29.6 Å². The van der Waals surface area contributed by atoms with Crippen LogP contribution in [-0.4, -0.2) is 32.3 Å². The Kier molecular flexibility index (Phi) is 5.01. The molecule has 1 atom stereocenters. The third-order valence-electron chi connectivity index (χ3n) is 2.13. The minimum atomic E-state index is 0.0728. The number of methoxy groups -OCH3 is 1. The fourth-order valence-corrected chi connectivity index (χ4v) is 2.06. The first-order valence-corrected chi connectivity index (χ1v) is 5.88. The highest BCUT2D eigenvalue weighted by atomic mass is 32.1. The number of nitrogens with zero attached hydrogens (tertiary/aromatic N) is 2. The van der Waals surface area contributed by atoms with Crippen LogP contribution in [0.5, 0.6) is 0 Å². The smallest absolute Gasteiger partial charge is 0.185 e. The van der Waals surface area contributed by atoms with E-state index < -0.39 is 0 Å². The molecule has 1 aromatic heterocycles. The van der Waals surface area contributed by atoms with Crippen LogP contribution in [0.1, 0.15) is 24.3 Å². The predicted molar refractivity (Wildman–Crippen MR) is 64.5 cm³/mol. The molecule has 0 spiro atoms. The molecular weight excluding hydrogens is 210 g/mol. The van der Waals surface area contributed by atoms with Gasteiger partial charge in [0, 0.05) is 44.4 Å². The van der Waals surface area contributed by atoms with Gasteiger partial charge in [-0.25, -0.2) is 4.98 Å². The van der Waals surface area contributed by atoms with Crippen molar-refractivity contribution in [3.05, 3.63) is 11.1 Å². The molecule has 1 heterocycles. The van der Waals surface area contributed by atoms with E-state index in [1.54, 1.807) is 18.4 Å². The van der Waals surface area contributed by atoms with E-state index in [4.69, 9.17) is 10.5 Å². The molecule has 5 heteroatoms. The van der Waals surface area contributed by atoms with Crippen LogP contribution in [0, 0.1) is 0 Å². The van der Waals surface area contributed by atoms with Crippen molar-refractivity contribution in [1.29, 1.82) is 0 Å². The van der Waals surface area contributed by atoms with Gasteiger partial charge >= 0.3 is 0 Å². The van der Waals surface area contributed by atoms with E-state index in [1.807, 2.05) is 20.2 Å². The summed E-state index contributed by atoms with van der Waals surface area (Å²) in [6.07, 6.45) is 2.87. The largest absolute Gasteiger partial charge is 0.385 e. The van der Waals surface area contributed by atoms with Crippen molar-refractivity contribution in [3.8, 4) is 0 Å². The van der Waals surface area contributed by atoms with Gasteiger partial charge in [0.25, 0.3) is 0 Å². The summed E-state index contributed by atoms with van der Waals surface area (Å²) in [7, 11) is 3.76. The van der Waals surface area contributed by atoms with E-state index in [2.05, 4.69) is 9.88 Å². The van der Waals surface area contributed by atoms with E-state index in [-0.39, 0.29) is 6.04 Å². The van der Waals surface area contributed by atoms with Crippen molar-refractivity contribution in [3.63, 3.8) is 0 Å². The lowest BCUT2D eigenvalue weighted by Gasteiger charge is -2.14. The molecule has 86 valence electrons. The number of thiazole rings is 1. The number of anilines is 1. The summed E-state index contributed by atoms with van der Waals surface area (Å²) in [6.45, 7) is 3.72. The van der Waals surface area contributed by atoms with Gasteiger partial charge in [0.1, 0.15) is 0 Å². The number of ether oxygens (including phenoxy) is 1. The van der Waals surface area contributed by atoms with Crippen LogP contribution in [0.15, 0.2) is 6.20 Å². The quantitative estimate of drug-likeness (QED) is 0.753. The zero-order valence-corrected chi connectivity index (χ0v) is 10.4. The Morgan fingerprint density at radius 3 is 2.93 bits per heavy atom. The van der Waals surface area contributed by atoms with Crippen LogP contribution in [0.25, 0.3) is 0 Å². The van der Waals surface area contributed by atoms with Crippen LogP contribution in [0.3, 0.4) is 0 Å². The van der Waals surface area contributed by atoms with E-state index in [0.29, 0.717) is 0 Å². The van der Waals surface area contributed by atoms with Gasteiger partial charge in [-0.05, 0) is 13.3 Å². The summed E-state index contributed by atoms with van der Waals surface area (Å²) < 4.78 is 5.01. The molecule has 0 fully saturated rings. The van der Waals surface area contributed by atoms with Gasteiger partial charge in [0.2, 0.25) is 0 Å². The SMILES string of the molecule is COCCCN(C)c1ncc(C(C)N)s1. The van der Waals surface area contributed by atoms with Gasteiger partial charge in [0.15, 0.2) is 5.13 Å². The average molecular weight is 229 g/mol. The summed E-state index contributed by atoms with van der Waals surface area (Å²) in [5.74, 6) is 0. The fourth-order valence-electron chi connectivity index (χ4n) is 1.21. The Morgan fingerprint density at radius 1 is 1.67 bits per heavy atom. The molecule has 1 aromatic rings. The molecule has 0 aliphatic rings. The first kappa shape index (κ1) is 12.4. The first-order chi connectivity index (χ1) is 7.15. The molecule has 0 saturated heterocycles. The maximum Gasteiger partial charge on any atom is 0.185 e. The topological polar surface area (TPSA) is 51.4 Å². The molecule has 4 nitrogen and oxygen atoms in total. The molecule has 2 N–H and O–H groups in total. The summed E-state index contributed by atoms with van der Waals surface area (Å²) in [5.41, 5.74) is 5.78. The highest BCUT2D eigenvalue weighted by molar-refractivity contribution is 7.15. The van der Waals surface area contributed by atoms with E-state index in [1.165, 1.54) is 0 Å². The van der Waals surface area contributed by atoms with Crippen molar-refractivity contribution < 1.29 is 4.74 Å². The average Bonchev–Trinajstić information content (AvgIpc) is 2.66. The third kappa shape index (κ3) is 3.77. The number of nitrogens with two attached hydrogens (primary N) is 1. The zero-order valence-electron chi connectivity index (χ0n) is 9.56. The Morgan fingerprint density at radius 2 is 2.40 bits per heavy atom. The van der Waals surface area contributed by atoms with Crippen LogP contribution < -0.4 is 10.6 Å². The Labute approximate surface area is 95.1 Å². The number of hydrogen-bond donors (Lipinski definition) is 1. The molecule has 0 bridgehead atoms. The van der Waals surface area contributed by atoms with Gasteiger partial charge in [-0.2, -0.15) is 0 Å². The molecule has 0 aliphatic heterocycles. The molecule has 15 heavy (non-hydrogen) atoms. The molecule has 0 aliphatic carbocycles. The lowest BCUT2D eigenvalue weighted by molar-refractivity contribution is 0.196. The summed E-state index contributed by atoms with van der Waals surface area (Å²) >= 11 is 1.66. The monoisotopic (exact) mass is 229 g/mol. The number of hydrogen-bond acceptors (Lipinski definition) is 5. The Balaban J connectivity index is 2.47. The van der Waals surface area contributed by atoms with Crippen molar-refractivity contribution in [2.45, 2.75) is 19.4 Å². The molecule has 0 saturated carbocycles. The second kappa shape index (κ2) is 6.05. The lowest BCUT2D eigenvalue weighted by atomic mass is 10.3. The summed E-state index contributed by atoms with van der Waals surface area (Å²) in [5, 5.41) is 1.03. The highest BCUT2D eigenvalue weighted by Gasteiger charge is 2.08. The second-order valence-corrected chi connectivity index (χ2v) is 4.64. The van der Waals surface area contributed by atoms with Crippen molar-refractivity contribution in [2.75, 3.05) is 32.2 Å². The van der Waals surface area contributed by atoms with Gasteiger partial charge in [-0.1, -0.05) is 0 Å². The van der Waals surface area contributed by atoms with Gasteiger partial charge < -0.3 is 15.4 Å². The van der Waals surface area contributed by atoms with Crippen LogP contribution >= 0.6 is 11.3 Å². The standard InChI is InChI=1S/C10H19N3OS/c1-8(11)9-7-12-10(15-9)13(2)5-4-6-14-3/h7-8H,4-6,11H2,1-3H3. The molecule has 1 rings (SSSR count). The predicted octanol–water partition coefficient (Wildman–Crippen LogP) is 1.64. The zero-order chi connectivity index (χ0) is 11.3. The first-order valence-electron chi connectivity index (χ1n) is 5.06. The summed E-state index contributed by atoms with van der Waals surface area (Å²) in [6, 6.07) is 0.0728. The van der Waals surface area contributed by atoms with Gasteiger partial charge in [-0.3, -0.25) is 0 Å². The minimum absolute atomic E-state index is 0.0728. The second-order valence-electron chi connectivity index (χ2n) is 3.60. The summed E-state index contributed by atoms with van der Waals surface area (Å²) in [4.78, 5) is 7.60. The normalized spacial score (nSPS) is 12.8.